The molecule has 3 aromatic rings. The molecular weight excluding hydrogens is 442 g/mol. The Labute approximate surface area is 205 Å². The van der Waals surface area contributed by atoms with Crippen LogP contribution in [-0.4, -0.2) is 40.0 Å². The molecule has 6 heteroatoms. The zero-order chi connectivity index (χ0) is 25.1. The van der Waals surface area contributed by atoms with Gasteiger partial charge in [0.2, 0.25) is 0 Å². The zero-order valence-electron chi connectivity index (χ0n) is 20.1. The van der Waals surface area contributed by atoms with Gasteiger partial charge in [0.25, 0.3) is 11.7 Å². The van der Waals surface area contributed by atoms with E-state index in [-0.39, 0.29) is 29.4 Å². The Bertz CT molecular complexity index is 1300. The third-order valence-electron chi connectivity index (χ3n) is 6.27. The number of Topliss-reactive ketones (excluding diaryl/α,β-unsaturated/α-hetero) is 1. The van der Waals surface area contributed by atoms with Crippen molar-refractivity contribution in [1.29, 1.82) is 0 Å². The van der Waals surface area contributed by atoms with Crippen LogP contribution < -0.4 is 4.74 Å². The number of ketones is 1. The van der Waals surface area contributed by atoms with Gasteiger partial charge in [0, 0.05) is 12.1 Å². The van der Waals surface area contributed by atoms with Gasteiger partial charge < -0.3 is 19.8 Å². The van der Waals surface area contributed by atoms with E-state index in [9.17, 15) is 19.8 Å². The summed E-state index contributed by atoms with van der Waals surface area (Å²) in [4.78, 5) is 28.0. The summed E-state index contributed by atoms with van der Waals surface area (Å²) in [5.41, 5.74) is 3.87. The third kappa shape index (κ3) is 4.78. The second-order valence-electron chi connectivity index (χ2n) is 8.71. The molecule has 0 radical (unpaired) electrons. The smallest absolute Gasteiger partial charge is 0.295 e. The molecule has 1 heterocycles. The van der Waals surface area contributed by atoms with Gasteiger partial charge in [0.1, 0.15) is 5.76 Å². The number of nitrogens with zero attached hydrogens (tertiary/aromatic N) is 1. The van der Waals surface area contributed by atoms with E-state index in [2.05, 4.69) is 0 Å². The van der Waals surface area contributed by atoms with Gasteiger partial charge in [-0.3, -0.25) is 9.59 Å². The highest BCUT2D eigenvalue weighted by Crippen LogP contribution is 2.42. The number of amides is 1. The number of hydrogen-bond acceptors (Lipinski definition) is 5. The Morgan fingerprint density at radius 2 is 1.74 bits per heavy atom. The third-order valence-corrected chi connectivity index (χ3v) is 6.27. The number of ether oxygens (including phenoxy) is 1. The minimum Gasteiger partial charge on any atom is -0.507 e. The molecule has 1 aliphatic heterocycles. The normalized spacial score (nSPS) is 17.1. The Morgan fingerprint density at radius 3 is 2.46 bits per heavy atom. The van der Waals surface area contributed by atoms with Crippen LogP contribution in [0.1, 0.15) is 40.8 Å². The van der Waals surface area contributed by atoms with E-state index in [1.54, 1.807) is 19.1 Å². The van der Waals surface area contributed by atoms with Gasteiger partial charge >= 0.3 is 0 Å². The molecule has 0 aliphatic carbocycles. The predicted molar refractivity (Wildman–Crippen MR) is 134 cm³/mol. The predicted octanol–water partition coefficient (Wildman–Crippen LogP) is 5.07. The molecule has 6 nitrogen and oxygen atoms in total. The molecule has 1 amide bonds. The number of aliphatic hydroxyl groups is 1. The van der Waals surface area contributed by atoms with Crippen molar-refractivity contribution in [3.63, 3.8) is 0 Å². The molecule has 0 unspecified atom stereocenters. The van der Waals surface area contributed by atoms with Gasteiger partial charge in [0.05, 0.1) is 18.2 Å². The molecule has 0 bridgehead atoms. The first-order valence-electron chi connectivity index (χ1n) is 11.7. The fourth-order valence-electron chi connectivity index (χ4n) is 4.46. The lowest BCUT2D eigenvalue weighted by Crippen LogP contribution is -2.31. The summed E-state index contributed by atoms with van der Waals surface area (Å²) >= 11 is 0. The number of carbonyl (C=O) groups is 2. The van der Waals surface area contributed by atoms with E-state index in [4.69, 9.17) is 4.74 Å². The second kappa shape index (κ2) is 10.1. The molecule has 0 spiro atoms. The second-order valence-corrected chi connectivity index (χ2v) is 8.71. The highest BCUT2D eigenvalue weighted by atomic mass is 16.5. The molecule has 0 saturated carbocycles. The molecule has 1 fully saturated rings. The summed E-state index contributed by atoms with van der Waals surface area (Å²) in [5.74, 6) is -1.38. The number of aromatic hydroxyl groups is 1. The molecule has 0 aromatic heterocycles. The highest BCUT2D eigenvalue weighted by Gasteiger charge is 2.46. The number of phenols is 1. The van der Waals surface area contributed by atoms with Gasteiger partial charge in [0.15, 0.2) is 11.5 Å². The molecule has 2 N–H and O–H groups in total. The number of rotatable bonds is 7. The lowest BCUT2D eigenvalue weighted by atomic mass is 9.93. The summed E-state index contributed by atoms with van der Waals surface area (Å²) in [6.45, 7) is 6.18. The van der Waals surface area contributed by atoms with Crippen LogP contribution in [0.15, 0.2) is 72.3 Å². The number of hydrogen-bond donors (Lipinski definition) is 2. The Morgan fingerprint density at radius 1 is 1.00 bits per heavy atom. The minimum absolute atomic E-state index is 0.0323. The van der Waals surface area contributed by atoms with Gasteiger partial charge in [-0.05, 0) is 62.1 Å². The lowest BCUT2D eigenvalue weighted by molar-refractivity contribution is -0.139. The average Bonchev–Trinajstić information content (AvgIpc) is 3.11. The molecule has 3 aromatic carbocycles. The molecular formula is C29H29NO5. The molecule has 1 aliphatic rings. The summed E-state index contributed by atoms with van der Waals surface area (Å²) < 4.78 is 5.55. The van der Waals surface area contributed by atoms with Crippen molar-refractivity contribution in [2.45, 2.75) is 33.2 Å². The first-order valence-corrected chi connectivity index (χ1v) is 11.7. The van der Waals surface area contributed by atoms with Crippen molar-refractivity contribution in [2.75, 3.05) is 13.2 Å². The van der Waals surface area contributed by atoms with E-state index in [0.29, 0.717) is 24.2 Å². The first-order chi connectivity index (χ1) is 16.8. The van der Waals surface area contributed by atoms with Crippen LogP contribution in [0.4, 0.5) is 0 Å². The maximum Gasteiger partial charge on any atom is 0.295 e. The standard InChI is InChI=1S/C29H29NO5/c1-4-35-24-17-21(12-13-23(24)31)26-25(27(32)22-16-18(2)10-11-19(22)3)28(33)29(34)30(26)15-14-20-8-6-5-7-9-20/h5-13,16-17,26,31-32H,4,14-15H2,1-3H3/t26-/m0/s1. The van der Waals surface area contributed by atoms with E-state index < -0.39 is 17.7 Å². The minimum atomic E-state index is -0.821. The summed E-state index contributed by atoms with van der Waals surface area (Å²) in [6.07, 6.45) is 0.546. The monoisotopic (exact) mass is 471 g/mol. The Kier molecular flexibility index (Phi) is 6.92. The van der Waals surface area contributed by atoms with Crippen molar-refractivity contribution in [3.05, 3.63) is 100 Å². The number of likely N-dealkylation sites (tertiary alicyclic amines) is 1. The number of phenolic OH excluding ortho intramolecular Hbond substituents is 1. The van der Waals surface area contributed by atoms with Crippen LogP contribution in [0.2, 0.25) is 0 Å². The van der Waals surface area contributed by atoms with Gasteiger partial charge in [-0.25, -0.2) is 0 Å². The van der Waals surface area contributed by atoms with Gasteiger partial charge in [-0.1, -0.05) is 54.1 Å². The fourth-order valence-corrected chi connectivity index (χ4v) is 4.46. The SMILES string of the molecule is CCOc1cc([C@H]2C(=C(O)c3cc(C)ccc3C)C(=O)C(=O)N2CCc2ccccc2)ccc1O. The van der Waals surface area contributed by atoms with E-state index in [1.807, 2.05) is 62.4 Å². The largest absolute Gasteiger partial charge is 0.507 e. The van der Waals surface area contributed by atoms with Crippen LogP contribution in [0, 0.1) is 13.8 Å². The van der Waals surface area contributed by atoms with E-state index >= 15 is 0 Å². The van der Waals surface area contributed by atoms with Crippen molar-refractivity contribution in [2.24, 2.45) is 0 Å². The number of aliphatic hydroxyl groups excluding tert-OH is 1. The maximum atomic E-state index is 13.3. The topological polar surface area (TPSA) is 87.1 Å². The van der Waals surface area contributed by atoms with Gasteiger partial charge in [-0.15, -0.1) is 0 Å². The van der Waals surface area contributed by atoms with Crippen LogP contribution in [0.5, 0.6) is 11.5 Å². The molecule has 4 rings (SSSR count). The van der Waals surface area contributed by atoms with Crippen molar-refractivity contribution >= 4 is 17.4 Å². The maximum absolute atomic E-state index is 13.3. The molecule has 1 atom stereocenters. The number of aryl methyl sites for hydroxylation is 2. The van der Waals surface area contributed by atoms with Crippen LogP contribution in [0.25, 0.3) is 5.76 Å². The summed E-state index contributed by atoms with van der Waals surface area (Å²) in [7, 11) is 0. The Balaban J connectivity index is 1.85. The average molecular weight is 472 g/mol. The van der Waals surface area contributed by atoms with E-state index in [1.165, 1.54) is 11.0 Å². The molecule has 35 heavy (non-hydrogen) atoms. The van der Waals surface area contributed by atoms with Crippen LogP contribution in [-0.2, 0) is 16.0 Å². The quantitative estimate of drug-likeness (QED) is 0.285. The van der Waals surface area contributed by atoms with Crippen molar-refractivity contribution in [1.82, 2.24) is 4.90 Å². The van der Waals surface area contributed by atoms with E-state index in [0.717, 1.165) is 16.7 Å². The number of benzene rings is 3. The molecule has 1 saturated heterocycles. The zero-order valence-corrected chi connectivity index (χ0v) is 20.1. The fraction of sp³-hybridized carbons (Fsp3) is 0.241. The number of carbonyl (C=O) groups excluding carboxylic acids is 2. The first kappa shape index (κ1) is 24.1. The molecule has 180 valence electrons. The lowest BCUT2D eigenvalue weighted by Gasteiger charge is -2.26. The summed E-state index contributed by atoms with van der Waals surface area (Å²) in [6, 6.07) is 19.3. The van der Waals surface area contributed by atoms with Crippen molar-refractivity contribution in [3.8, 4) is 11.5 Å². The van der Waals surface area contributed by atoms with Crippen molar-refractivity contribution < 1.29 is 24.5 Å². The van der Waals surface area contributed by atoms with Crippen LogP contribution >= 0.6 is 0 Å². The van der Waals surface area contributed by atoms with Gasteiger partial charge in [-0.2, -0.15) is 0 Å². The summed E-state index contributed by atoms with van der Waals surface area (Å²) in [5, 5.41) is 21.6. The highest BCUT2D eigenvalue weighted by molar-refractivity contribution is 6.46. The van der Waals surface area contributed by atoms with Crippen LogP contribution in [0.3, 0.4) is 0 Å². The Hall–Kier alpha value is -4.06.